The Morgan fingerprint density at radius 2 is 1.87 bits per heavy atom. The molecule has 3 fully saturated rings. The van der Waals surface area contributed by atoms with Gasteiger partial charge in [-0.1, -0.05) is 65.5 Å². The number of hydrogen-bond acceptors (Lipinski definition) is 3. The van der Waals surface area contributed by atoms with Crippen LogP contribution in [0.4, 0.5) is 0 Å². The third-order valence-corrected chi connectivity index (χ3v) is 10.3. The molecule has 5 rings (SSSR count). The van der Waals surface area contributed by atoms with Crippen molar-refractivity contribution in [3.05, 3.63) is 23.3 Å². The van der Waals surface area contributed by atoms with E-state index < -0.39 is 5.60 Å². The van der Waals surface area contributed by atoms with Gasteiger partial charge in [0.05, 0.1) is 6.10 Å². The molecule has 3 heteroatoms. The number of fused-ring (bicyclic) bond motifs is 1. The number of allylic oxidation sites excluding steroid dienone is 1. The molecule has 0 aromatic heterocycles. The molecular weight excluding hydrogens is 372 g/mol. The van der Waals surface area contributed by atoms with Crippen molar-refractivity contribution >= 4 is 0 Å². The van der Waals surface area contributed by atoms with Gasteiger partial charge in [-0.25, -0.2) is 9.78 Å². The van der Waals surface area contributed by atoms with E-state index in [1.807, 2.05) is 0 Å². The first-order chi connectivity index (χ1) is 14.2. The molecule has 4 aliphatic carbocycles. The fraction of sp³-hybridized carbons (Fsp3) is 0.852. The highest BCUT2D eigenvalue weighted by Gasteiger charge is 2.74. The van der Waals surface area contributed by atoms with Crippen molar-refractivity contribution in [3.8, 4) is 0 Å². The summed E-state index contributed by atoms with van der Waals surface area (Å²) in [5.41, 5.74) is 2.58. The fourth-order valence-corrected chi connectivity index (χ4v) is 8.33. The standard InChI is InChI=1S/C27H42O3/c1-18(2)7-6-8-19(3)21-9-10-22-23-12-14-26-17-20(28)11-13-25(26,5)27(23,30-29-26)16-15-24(21,22)4/h12,14,18-21,28H,6-11,13,15-17H2,1-5H3/t19-,20+,21-,24-,25+,26-,27-/m1/s1. The summed E-state index contributed by atoms with van der Waals surface area (Å²) in [6, 6.07) is 0. The molecule has 3 nitrogen and oxygen atoms in total. The molecule has 5 aliphatic rings. The molecule has 2 bridgehead atoms. The summed E-state index contributed by atoms with van der Waals surface area (Å²) in [5, 5.41) is 10.4. The van der Waals surface area contributed by atoms with Gasteiger partial charge >= 0.3 is 0 Å². The lowest BCUT2D eigenvalue weighted by Crippen LogP contribution is -2.61. The highest BCUT2D eigenvalue weighted by Crippen LogP contribution is 2.71. The van der Waals surface area contributed by atoms with Crippen molar-refractivity contribution in [1.29, 1.82) is 0 Å². The SMILES string of the molecule is CC(C)CCC[C@@H](C)[C@H]1CCC2=C3C=C[C@@]45C[C@@H](O)CC[C@]4(C)[C@]3(CC[C@@]21C)OO5. The quantitative estimate of drug-likeness (QED) is 0.521. The van der Waals surface area contributed by atoms with Crippen LogP contribution in [-0.2, 0) is 9.78 Å². The molecule has 0 unspecified atom stereocenters. The molecule has 1 heterocycles. The van der Waals surface area contributed by atoms with Crippen LogP contribution in [-0.4, -0.2) is 22.4 Å². The second-order valence-electron chi connectivity index (χ2n) is 12.2. The number of aliphatic hydroxyl groups is 1. The van der Waals surface area contributed by atoms with Gasteiger partial charge in [-0.15, -0.1) is 0 Å². The minimum Gasteiger partial charge on any atom is -0.393 e. The van der Waals surface area contributed by atoms with E-state index >= 15 is 0 Å². The van der Waals surface area contributed by atoms with Crippen LogP contribution >= 0.6 is 0 Å². The smallest absolute Gasteiger partial charge is 0.137 e. The second-order valence-corrected chi connectivity index (χ2v) is 12.2. The summed E-state index contributed by atoms with van der Waals surface area (Å²) in [7, 11) is 0. The molecule has 0 radical (unpaired) electrons. The third-order valence-electron chi connectivity index (χ3n) is 10.3. The average molecular weight is 415 g/mol. The summed E-state index contributed by atoms with van der Waals surface area (Å²) in [5.74, 6) is 2.38. The minimum atomic E-state index is -0.454. The van der Waals surface area contributed by atoms with Crippen LogP contribution in [0.3, 0.4) is 0 Å². The van der Waals surface area contributed by atoms with Crippen LogP contribution in [0.25, 0.3) is 0 Å². The Morgan fingerprint density at radius 3 is 2.63 bits per heavy atom. The van der Waals surface area contributed by atoms with Crippen molar-refractivity contribution in [3.63, 3.8) is 0 Å². The van der Waals surface area contributed by atoms with E-state index in [2.05, 4.69) is 46.8 Å². The normalized spacial score (nSPS) is 48.0. The van der Waals surface area contributed by atoms with Gasteiger partial charge in [0.1, 0.15) is 11.2 Å². The summed E-state index contributed by atoms with van der Waals surface area (Å²) in [6.45, 7) is 12.1. The molecule has 168 valence electrons. The Labute approximate surface area is 183 Å². The van der Waals surface area contributed by atoms with Crippen molar-refractivity contribution < 1.29 is 14.9 Å². The van der Waals surface area contributed by atoms with Gasteiger partial charge in [0.2, 0.25) is 0 Å². The molecule has 2 saturated carbocycles. The first kappa shape index (κ1) is 21.2. The lowest BCUT2D eigenvalue weighted by atomic mass is 9.47. The lowest BCUT2D eigenvalue weighted by molar-refractivity contribution is -0.337. The topological polar surface area (TPSA) is 38.7 Å². The Balaban J connectivity index is 1.48. The number of hydrogen-bond donors (Lipinski definition) is 1. The van der Waals surface area contributed by atoms with Gasteiger partial charge < -0.3 is 5.11 Å². The molecular formula is C27H42O3. The summed E-state index contributed by atoms with van der Waals surface area (Å²) >= 11 is 0. The van der Waals surface area contributed by atoms with Gasteiger partial charge in [0.25, 0.3) is 0 Å². The molecule has 7 atom stereocenters. The average Bonchev–Trinajstić information content (AvgIpc) is 3.09. The van der Waals surface area contributed by atoms with E-state index in [1.54, 1.807) is 5.57 Å². The van der Waals surface area contributed by atoms with Gasteiger partial charge in [-0.05, 0) is 73.3 Å². The first-order valence-corrected chi connectivity index (χ1v) is 12.7. The number of rotatable bonds is 5. The van der Waals surface area contributed by atoms with Crippen LogP contribution in [0.2, 0.25) is 0 Å². The zero-order valence-electron chi connectivity index (χ0n) is 19.8. The molecule has 1 saturated heterocycles. The molecule has 0 aromatic rings. The van der Waals surface area contributed by atoms with Gasteiger partial charge in [0, 0.05) is 11.8 Å². The van der Waals surface area contributed by atoms with Crippen LogP contribution in [0, 0.1) is 28.6 Å². The molecule has 1 N–H and O–H groups in total. The van der Waals surface area contributed by atoms with Crippen LogP contribution in [0.1, 0.15) is 98.8 Å². The first-order valence-electron chi connectivity index (χ1n) is 12.7. The maximum Gasteiger partial charge on any atom is 0.137 e. The Kier molecular flexibility index (Phi) is 4.90. The zero-order chi connectivity index (χ0) is 21.4. The van der Waals surface area contributed by atoms with Crippen molar-refractivity contribution in [2.24, 2.45) is 28.6 Å². The van der Waals surface area contributed by atoms with Crippen molar-refractivity contribution in [2.75, 3.05) is 0 Å². The lowest BCUT2D eigenvalue weighted by Gasteiger charge is -2.56. The molecule has 30 heavy (non-hydrogen) atoms. The van der Waals surface area contributed by atoms with E-state index in [0.29, 0.717) is 11.8 Å². The van der Waals surface area contributed by atoms with Crippen LogP contribution in [0.15, 0.2) is 23.3 Å². The zero-order valence-corrected chi connectivity index (χ0v) is 19.8. The summed E-state index contributed by atoms with van der Waals surface area (Å²) in [6.07, 6.45) is 15.7. The summed E-state index contributed by atoms with van der Waals surface area (Å²) in [4.78, 5) is 12.5. The van der Waals surface area contributed by atoms with E-state index in [4.69, 9.17) is 9.78 Å². The predicted molar refractivity (Wildman–Crippen MR) is 120 cm³/mol. The molecule has 1 aliphatic heterocycles. The minimum absolute atomic E-state index is 0.0708. The van der Waals surface area contributed by atoms with E-state index in [-0.39, 0.29) is 17.1 Å². The second kappa shape index (κ2) is 6.93. The van der Waals surface area contributed by atoms with Crippen molar-refractivity contribution in [1.82, 2.24) is 0 Å². The number of aliphatic hydroxyl groups excluding tert-OH is 1. The van der Waals surface area contributed by atoms with Gasteiger partial charge in [0.15, 0.2) is 0 Å². The highest BCUT2D eigenvalue weighted by atomic mass is 17.2. The van der Waals surface area contributed by atoms with Gasteiger partial charge in [-0.3, -0.25) is 0 Å². The monoisotopic (exact) mass is 414 g/mol. The van der Waals surface area contributed by atoms with E-state index in [0.717, 1.165) is 37.0 Å². The maximum absolute atomic E-state index is 10.4. The summed E-state index contributed by atoms with van der Waals surface area (Å²) < 4.78 is 0. The van der Waals surface area contributed by atoms with Crippen molar-refractivity contribution in [2.45, 2.75) is 116 Å². The maximum atomic E-state index is 10.4. The van der Waals surface area contributed by atoms with Crippen LogP contribution < -0.4 is 0 Å². The van der Waals surface area contributed by atoms with Gasteiger partial charge in [-0.2, -0.15) is 0 Å². The van der Waals surface area contributed by atoms with E-state index in [9.17, 15) is 5.11 Å². The Hall–Kier alpha value is -0.640. The Morgan fingerprint density at radius 1 is 1.07 bits per heavy atom. The van der Waals surface area contributed by atoms with Crippen LogP contribution in [0.5, 0.6) is 0 Å². The largest absolute Gasteiger partial charge is 0.393 e. The van der Waals surface area contributed by atoms with E-state index in [1.165, 1.54) is 44.1 Å². The Bertz CT molecular complexity index is 768. The fourth-order valence-electron chi connectivity index (χ4n) is 8.33. The highest BCUT2D eigenvalue weighted by molar-refractivity contribution is 5.51. The predicted octanol–water partition coefficient (Wildman–Crippen LogP) is 6.52. The third kappa shape index (κ3) is 2.61. The molecule has 0 aromatic carbocycles. The molecule has 0 amide bonds. The molecule has 1 spiro atoms.